The summed E-state index contributed by atoms with van der Waals surface area (Å²) < 4.78 is 35.4. The highest BCUT2D eigenvalue weighted by Gasteiger charge is 2.40. The molecule has 0 saturated carbocycles. The number of nitrogens with zero attached hydrogens (tertiary/aromatic N) is 1. The smallest absolute Gasteiger partial charge is 0.387 e. The van der Waals surface area contributed by atoms with E-state index in [9.17, 15) is 8.78 Å². The van der Waals surface area contributed by atoms with Gasteiger partial charge in [0.2, 0.25) is 0 Å². The number of rotatable bonds is 6. The number of hydrogen-bond acceptors (Lipinski definition) is 5. The van der Waals surface area contributed by atoms with Gasteiger partial charge in [-0.2, -0.15) is 8.78 Å². The molecular formula is C22H19F2N3O2. The maximum atomic E-state index is 12.7. The second kappa shape index (κ2) is 7.79. The Labute approximate surface area is 166 Å². The minimum Gasteiger partial charge on any atom is -0.462 e. The molecule has 1 aliphatic heterocycles. The molecule has 1 atom stereocenters. The molecule has 0 saturated heterocycles. The molecule has 3 aromatic carbocycles. The fourth-order valence-electron chi connectivity index (χ4n) is 3.37. The van der Waals surface area contributed by atoms with Crippen LogP contribution in [0.25, 0.3) is 0 Å². The summed E-state index contributed by atoms with van der Waals surface area (Å²) in [7, 11) is 0. The second-order valence-corrected chi connectivity index (χ2v) is 6.58. The van der Waals surface area contributed by atoms with Gasteiger partial charge < -0.3 is 20.5 Å². The number of alkyl halides is 2. The lowest BCUT2D eigenvalue weighted by atomic mass is 9.84. The Morgan fingerprint density at radius 1 is 0.931 bits per heavy atom. The molecule has 1 heterocycles. The van der Waals surface area contributed by atoms with Crippen LogP contribution in [0.2, 0.25) is 0 Å². The van der Waals surface area contributed by atoms with Gasteiger partial charge >= 0.3 is 6.61 Å². The lowest BCUT2D eigenvalue weighted by Crippen LogP contribution is -2.27. The molecule has 3 aromatic rings. The van der Waals surface area contributed by atoms with Gasteiger partial charge in [-0.3, -0.25) is 0 Å². The molecule has 1 aliphatic rings. The summed E-state index contributed by atoms with van der Waals surface area (Å²) in [4.78, 5) is 4.53. The van der Waals surface area contributed by atoms with Crippen LogP contribution in [0.1, 0.15) is 11.1 Å². The molecule has 3 N–H and O–H groups in total. The fraction of sp³-hybridized carbons (Fsp3) is 0.136. The lowest BCUT2D eigenvalue weighted by Gasteiger charge is -2.26. The average Bonchev–Trinajstić information content (AvgIpc) is 3.12. The standard InChI is InChI=1S/C22H19F2N3O2/c23-20(24)29-19-11-5-7-16(13-19)22(14-28-21(25)27-22)15-6-4-10-18(12-15)26-17-8-2-1-3-9-17/h1-13,20,26H,14H2,(H2,25,27)/t22-/m0/s1. The first-order valence-electron chi connectivity index (χ1n) is 9.01. The molecule has 0 radical (unpaired) electrons. The Morgan fingerprint density at radius 2 is 1.62 bits per heavy atom. The van der Waals surface area contributed by atoms with Crippen LogP contribution >= 0.6 is 0 Å². The molecule has 0 spiro atoms. The van der Waals surface area contributed by atoms with E-state index < -0.39 is 12.2 Å². The van der Waals surface area contributed by atoms with Crippen LogP contribution in [0.3, 0.4) is 0 Å². The van der Waals surface area contributed by atoms with Crippen LogP contribution in [0.15, 0.2) is 83.9 Å². The molecule has 4 rings (SSSR count). The van der Waals surface area contributed by atoms with Crippen molar-refractivity contribution < 1.29 is 18.3 Å². The zero-order chi connectivity index (χ0) is 20.3. The number of anilines is 2. The van der Waals surface area contributed by atoms with Crippen LogP contribution in [0.4, 0.5) is 20.2 Å². The number of nitrogens with one attached hydrogen (secondary N) is 1. The summed E-state index contributed by atoms with van der Waals surface area (Å²) in [5.41, 5.74) is 8.12. The molecular weight excluding hydrogens is 376 g/mol. The van der Waals surface area contributed by atoms with Gasteiger partial charge in [-0.05, 0) is 47.5 Å². The van der Waals surface area contributed by atoms with Crippen molar-refractivity contribution in [1.29, 1.82) is 0 Å². The van der Waals surface area contributed by atoms with Crippen molar-refractivity contribution >= 4 is 17.4 Å². The number of hydrogen-bond donors (Lipinski definition) is 2. The SMILES string of the molecule is NC1=N[C@@](c2cccc(Nc3ccccc3)c2)(c2cccc(OC(F)F)c2)CO1. The van der Waals surface area contributed by atoms with Crippen LogP contribution in [0.5, 0.6) is 5.75 Å². The van der Waals surface area contributed by atoms with Gasteiger partial charge in [0.15, 0.2) is 5.54 Å². The van der Waals surface area contributed by atoms with Gasteiger partial charge in [0.1, 0.15) is 12.4 Å². The van der Waals surface area contributed by atoms with E-state index in [1.54, 1.807) is 12.1 Å². The van der Waals surface area contributed by atoms with E-state index in [0.29, 0.717) is 5.56 Å². The Hall–Kier alpha value is -3.61. The van der Waals surface area contributed by atoms with Crippen LogP contribution in [0, 0.1) is 0 Å². The van der Waals surface area contributed by atoms with Crippen molar-refractivity contribution in [2.75, 3.05) is 11.9 Å². The van der Waals surface area contributed by atoms with E-state index >= 15 is 0 Å². The predicted octanol–water partition coefficient (Wildman–Crippen LogP) is 4.62. The van der Waals surface area contributed by atoms with E-state index in [1.165, 1.54) is 12.1 Å². The van der Waals surface area contributed by atoms with Gasteiger partial charge in [0.25, 0.3) is 6.02 Å². The summed E-state index contributed by atoms with van der Waals surface area (Å²) in [6.07, 6.45) is 0. The molecule has 0 unspecified atom stereocenters. The Morgan fingerprint density at radius 3 is 2.31 bits per heavy atom. The van der Waals surface area contributed by atoms with Gasteiger partial charge in [0, 0.05) is 11.4 Å². The van der Waals surface area contributed by atoms with Crippen molar-refractivity contribution in [3.8, 4) is 5.75 Å². The van der Waals surface area contributed by atoms with Crippen molar-refractivity contribution in [3.05, 3.63) is 90.0 Å². The quantitative estimate of drug-likeness (QED) is 0.639. The molecule has 7 heteroatoms. The average molecular weight is 395 g/mol. The summed E-state index contributed by atoms with van der Waals surface area (Å²) in [6, 6.07) is 23.9. The molecule has 148 valence electrons. The third-order valence-corrected chi connectivity index (χ3v) is 4.67. The number of ether oxygens (including phenoxy) is 2. The lowest BCUT2D eigenvalue weighted by molar-refractivity contribution is -0.0499. The molecule has 29 heavy (non-hydrogen) atoms. The largest absolute Gasteiger partial charge is 0.462 e. The minimum absolute atomic E-state index is 0.0478. The Kier molecular flexibility index (Phi) is 5.03. The number of aliphatic imine (C=N–C) groups is 1. The zero-order valence-corrected chi connectivity index (χ0v) is 15.4. The first-order chi connectivity index (χ1) is 14.0. The highest BCUT2D eigenvalue weighted by molar-refractivity contribution is 5.75. The third kappa shape index (κ3) is 3.99. The molecule has 0 aliphatic carbocycles. The summed E-state index contributed by atoms with van der Waals surface area (Å²) >= 11 is 0. The van der Waals surface area contributed by atoms with Crippen molar-refractivity contribution in [2.24, 2.45) is 10.7 Å². The maximum Gasteiger partial charge on any atom is 0.387 e. The van der Waals surface area contributed by atoms with E-state index in [4.69, 9.17) is 10.5 Å². The third-order valence-electron chi connectivity index (χ3n) is 4.67. The summed E-state index contributed by atoms with van der Waals surface area (Å²) in [5.74, 6) is 0.0520. The zero-order valence-electron chi connectivity index (χ0n) is 15.4. The second-order valence-electron chi connectivity index (χ2n) is 6.58. The van der Waals surface area contributed by atoms with Crippen LogP contribution in [-0.4, -0.2) is 19.2 Å². The molecule has 5 nitrogen and oxygen atoms in total. The molecule has 0 bridgehead atoms. The normalized spacial score (nSPS) is 18.2. The fourth-order valence-corrected chi connectivity index (χ4v) is 3.37. The minimum atomic E-state index is -2.91. The van der Waals surface area contributed by atoms with E-state index in [0.717, 1.165) is 16.9 Å². The maximum absolute atomic E-state index is 12.7. The van der Waals surface area contributed by atoms with E-state index in [-0.39, 0.29) is 18.4 Å². The van der Waals surface area contributed by atoms with Crippen LogP contribution in [-0.2, 0) is 10.3 Å². The molecule has 0 fully saturated rings. The molecule has 0 amide bonds. The Balaban J connectivity index is 1.74. The van der Waals surface area contributed by atoms with Crippen molar-refractivity contribution in [3.63, 3.8) is 0 Å². The van der Waals surface area contributed by atoms with Crippen molar-refractivity contribution in [2.45, 2.75) is 12.2 Å². The summed E-state index contributed by atoms with van der Waals surface area (Å²) in [6.45, 7) is -2.75. The van der Waals surface area contributed by atoms with E-state index in [2.05, 4.69) is 15.0 Å². The Bertz CT molecular complexity index is 1030. The first kappa shape index (κ1) is 18.7. The predicted molar refractivity (Wildman–Crippen MR) is 108 cm³/mol. The van der Waals surface area contributed by atoms with Crippen molar-refractivity contribution in [1.82, 2.24) is 0 Å². The molecule has 0 aromatic heterocycles. The first-order valence-corrected chi connectivity index (χ1v) is 9.01. The van der Waals surface area contributed by atoms with Gasteiger partial charge in [-0.1, -0.05) is 42.5 Å². The monoisotopic (exact) mass is 395 g/mol. The number of benzene rings is 3. The van der Waals surface area contributed by atoms with Gasteiger partial charge in [-0.25, -0.2) is 4.99 Å². The number of halogens is 2. The summed E-state index contributed by atoms with van der Waals surface area (Å²) in [5, 5.41) is 3.34. The highest BCUT2D eigenvalue weighted by Crippen LogP contribution is 2.40. The topological polar surface area (TPSA) is 68.9 Å². The van der Waals surface area contributed by atoms with E-state index in [1.807, 2.05) is 54.6 Å². The number of para-hydroxylation sites is 1. The number of nitrogens with two attached hydrogens (primary N) is 1. The highest BCUT2D eigenvalue weighted by atomic mass is 19.3. The van der Waals surface area contributed by atoms with Crippen LogP contribution < -0.4 is 15.8 Å². The van der Waals surface area contributed by atoms with Gasteiger partial charge in [-0.15, -0.1) is 0 Å². The number of amidine groups is 1. The van der Waals surface area contributed by atoms with Gasteiger partial charge in [0.05, 0.1) is 0 Å².